The zero-order valence-corrected chi connectivity index (χ0v) is 11.1. The van der Waals surface area contributed by atoms with Crippen LogP contribution in [0, 0.1) is 0 Å². The second-order valence-electron chi connectivity index (χ2n) is 2.75. The molecule has 0 unspecified atom stereocenters. The number of hydrogen-bond acceptors (Lipinski definition) is 3. The Bertz CT molecular complexity index is 368. The van der Waals surface area contributed by atoms with Crippen molar-refractivity contribution in [3.63, 3.8) is 0 Å². The molecule has 0 bridgehead atoms. The van der Waals surface area contributed by atoms with E-state index >= 15 is 0 Å². The van der Waals surface area contributed by atoms with E-state index < -0.39 is 0 Å². The van der Waals surface area contributed by atoms with Gasteiger partial charge in [0.25, 0.3) is 0 Å². The molecule has 82 valence electrons. The van der Waals surface area contributed by atoms with Crippen molar-refractivity contribution in [3.8, 4) is 5.88 Å². The minimum absolute atomic E-state index is 0.136. The minimum atomic E-state index is 0.136. The zero-order chi connectivity index (χ0) is 11.3. The molecule has 1 rings (SSSR count). The van der Waals surface area contributed by atoms with E-state index in [2.05, 4.69) is 27.6 Å². The summed E-state index contributed by atoms with van der Waals surface area (Å²) in [6, 6.07) is 3.56. The third-order valence-corrected chi connectivity index (χ3v) is 2.99. The van der Waals surface area contributed by atoms with E-state index in [-0.39, 0.29) is 6.61 Å². The summed E-state index contributed by atoms with van der Waals surface area (Å²) in [5, 5.41) is 9.19. The van der Waals surface area contributed by atoms with Gasteiger partial charge in [-0.1, -0.05) is 17.7 Å². The fourth-order valence-corrected chi connectivity index (χ4v) is 1.79. The molecule has 0 amide bonds. The van der Waals surface area contributed by atoms with Gasteiger partial charge in [0.05, 0.1) is 12.8 Å². The summed E-state index contributed by atoms with van der Waals surface area (Å²) in [6.45, 7) is 0.136. The van der Waals surface area contributed by atoms with Crippen molar-refractivity contribution in [3.05, 3.63) is 28.9 Å². The largest absolute Gasteiger partial charge is 0.480 e. The number of hydrogen-bond donors (Lipinski definition) is 1. The van der Waals surface area contributed by atoms with Crippen LogP contribution in [0.4, 0.5) is 0 Å². The highest BCUT2D eigenvalue weighted by atomic mass is 127. The quantitative estimate of drug-likeness (QED) is 0.858. The molecular weight excluding hydrogens is 328 g/mol. The van der Waals surface area contributed by atoms with Crippen LogP contribution < -0.4 is 4.74 Å². The number of methoxy groups -OCH3 is 1. The average Bonchev–Trinajstić information content (AvgIpc) is 2.26. The van der Waals surface area contributed by atoms with Crippen LogP contribution in [0.15, 0.2) is 18.2 Å². The zero-order valence-electron chi connectivity index (χ0n) is 8.20. The lowest BCUT2D eigenvalue weighted by molar-refractivity contribution is 0.303. The van der Waals surface area contributed by atoms with E-state index in [4.69, 9.17) is 21.4 Å². The second-order valence-corrected chi connectivity index (χ2v) is 4.32. The fraction of sp³-hybridized carbons (Fsp3) is 0.300. The SMILES string of the molecule is COc1nc(/C(I)=C/CCO)ccc1Cl. The Morgan fingerprint density at radius 3 is 3.00 bits per heavy atom. The number of rotatable bonds is 4. The molecule has 15 heavy (non-hydrogen) atoms. The highest BCUT2D eigenvalue weighted by Crippen LogP contribution is 2.27. The van der Waals surface area contributed by atoms with Crippen molar-refractivity contribution in [1.82, 2.24) is 4.98 Å². The predicted octanol–water partition coefficient (Wildman–Crippen LogP) is 2.90. The average molecular weight is 340 g/mol. The number of pyridine rings is 1. The predicted molar refractivity (Wildman–Crippen MR) is 69.5 cm³/mol. The van der Waals surface area contributed by atoms with Crippen molar-refractivity contribution in [2.24, 2.45) is 0 Å². The number of aromatic nitrogens is 1. The van der Waals surface area contributed by atoms with Crippen LogP contribution in [0.2, 0.25) is 5.02 Å². The molecule has 0 spiro atoms. The summed E-state index contributed by atoms with van der Waals surface area (Å²) in [7, 11) is 1.53. The maximum atomic E-state index is 8.69. The Morgan fingerprint density at radius 1 is 1.67 bits per heavy atom. The van der Waals surface area contributed by atoms with Gasteiger partial charge in [-0.15, -0.1) is 0 Å². The molecule has 3 nitrogen and oxygen atoms in total. The molecule has 0 saturated heterocycles. The van der Waals surface area contributed by atoms with Crippen LogP contribution in [-0.2, 0) is 0 Å². The smallest absolute Gasteiger partial charge is 0.232 e. The van der Waals surface area contributed by atoms with E-state index in [1.54, 1.807) is 6.07 Å². The minimum Gasteiger partial charge on any atom is -0.480 e. The van der Waals surface area contributed by atoms with Crippen molar-refractivity contribution >= 4 is 37.8 Å². The van der Waals surface area contributed by atoms with E-state index in [0.717, 1.165) is 9.27 Å². The third kappa shape index (κ3) is 3.62. The topological polar surface area (TPSA) is 42.4 Å². The Balaban J connectivity index is 2.95. The van der Waals surface area contributed by atoms with Crippen LogP contribution in [0.3, 0.4) is 0 Å². The van der Waals surface area contributed by atoms with Crippen molar-refractivity contribution < 1.29 is 9.84 Å². The van der Waals surface area contributed by atoms with Crippen molar-refractivity contribution in [2.75, 3.05) is 13.7 Å². The molecule has 0 radical (unpaired) electrons. The van der Waals surface area contributed by atoms with Crippen LogP contribution >= 0.6 is 34.2 Å². The van der Waals surface area contributed by atoms with Gasteiger partial charge in [-0.25, -0.2) is 4.98 Å². The molecule has 1 heterocycles. The maximum absolute atomic E-state index is 8.69. The molecule has 1 N–H and O–H groups in total. The number of ether oxygens (including phenoxy) is 1. The molecule has 0 aliphatic rings. The maximum Gasteiger partial charge on any atom is 0.232 e. The molecule has 1 aromatic heterocycles. The summed E-state index contributed by atoms with van der Waals surface area (Å²) in [6.07, 6.45) is 2.53. The lowest BCUT2D eigenvalue weighted by Gasteiger charge is -2.04. The van der Waals surface area contributed by atoms with Gasteiger partial charge in [-0.05, 0) is 41.1 Å². The molecule has 0 aliphatic carbocycles. The Morgan fingerprint density at radius 2 is 2.40 bits per heavy atom. The molecule has 0 fully saturated rings. The van der Waals surface area contributed by atoms with E-state index in [1.807, 2.05) is 12.1 Å². The monoisotopic (exact) mass is 339 g/mol. The number of aliphatic hydroxyl groups is 1. The Hall–Kier alpha value is -0.330. The van der Waals surface area contributed by atoms with Crippen LogP contribution in [-0.4, -0.2) is 23.8 Å². The molecule has 0 atom stereocenters. The lowest BCUT2D eigenvalue weighted by Crippen LogP contribution is -1.92. The highest BCUT2D eigenvalue weighted by Gasteiger charge is 2.05. The van der Waals surface area contributed by atoms with Gasteiger partial charge >= 0.3 is 0 Å². The van der Waals surface area contributed by atoms with Crippen LogP contribution in [0.1, 0.15) is 12.1 Å². The summed E-state index contributed by atoms with van der Waals surface area (Å²) in [4.78, 5) is 4.23. The van der Waals surface area contributed by atoms with Crippen LogP contribution in [0.5, 0.6) is 5.88 Å². The molecule has 5 heteroatoms. The summed E-state index contributed by atoms with van der Waals surface area (Å²) in [5.41, 5.74) is 0.797. The van der Waals surface area contributed by atoms with Gasteiger partial charge in [0.15, 0.2) is 0 Å². The highest BCUT2D eigenvalue weighted by molar-refractivity contribution is 14.1. The molecule has 1 aromatic rings. The van der Waals surface area contributed by atoms with Crippen LogP contribution in [0.25, 0.3) is 3.58 Å². The van der Waals surface area contributed by atoms with Gasteiger partial charge < -0.3 is 9.84 Å². The standard InChI is InChI=1S/C10H11ClINO2/c1-15-10-7(11)4-5-9(13-10)8(12)3-2-6-14/h3-5,14H,2,6H2,1H3/b8-3-. The van der Waals surface area contributed by atoms with Crippen molar-refractivity contribution in [2.45, 2.75) is 6.42 Å². The molecular formula is C10H11ClINO2. The normalized spacial score (nSPS) is 11.6. The van der Waals surface area contributed by atoms with Gasteiger partial charge in [-0.3, -0.25) is 0 Å². The fourth-order valence-electron chi connectivity index (χ4n) is 0.995. The summed E-state index contributed by atoms with van der Waals surface area (Å²) >= 11 is 8.02. The number of aliphatic hydroxyl groups excluding tert-OH is 1. The first-order valence-electron chi connectivity index (χ1n) is 4.36. The summed E-state index contributed by atoms with van der Waals surface area (Å²) < 4.78 is 5.99. The first-order valence-corrected chi connectivity index (χ1v) is 5.82. The van der Waals surface area contributed by atoms with E-state index in [9.17, 15) is 0 Å². The van der Waals surface area contributed by atoms with Crippen molar-refractivity contribution in [1.29, 1.82) is 0 Å². The summed E-state index contributed by atoms with van der Waals surface area (Å²) in [5.74, 6) is 0.417. The van der Waals surface area contributed by atoms with Gasteiger partial charge in [0, 0.05) is 10.2 Å². The number of halogens is 2. The molecule has 0 aliphatic heterocycles. The van der Waals surface area contributed by atoms with Gasteiger partial charge in [0.1, 0.15) is 5.02 Å². The Labute approximate surface area is 107 Å². The van der Waals surface area contributed by atoms with Gasteiger partial charge in [0.2, 0.25) is 5.88 Å². The Kier molecular flexibility index (Phi) is 5.35. The van der Waals surface area contributed by atoms with E-state index in [0.29, 0.717) is 17.3 Å². The number of nitrogens with zero attached hydrogens (tertiary/aromatic N) is 1. The van der Waals surface area contributed by atoms with Gasteiger partial charge in [-0.2, -0.15) is 0 Å². The third-order valence-electron chi connectivity index (χ3n) is 1.70. The first-order chi connectivity index (χ1) is 7.19. The molecule has 0 aromatic carbocycles. The first kappa shape index (κ1) is 12.7. The van der Waals surface area contributed by atoms with E-state index in [1.165, 1.54) is 7.11 Å². The molecule has 0 saturated carbocycles. The lowest BCUT2D eigenvalue weighted by atomic mass is 10.3. The second kappa shape index (κ2) is 6.30.